The molecule has 2 aromatic rings. The summed E-state index contributed by atoms with van der Waals surface area (Å²) >= 11 is 7.63. The number of para-hydroxylation sites is 1. The first-order chi connectivity index (χ1) is 17.2. The number of carbonyl (C=O) groups excluding carboxylic acids is 1. The molecule has 7 heteroatoms. The molecule has 3 N–H and O–H groups in total. The first kappa shape index (κ1) is 26.0. The Morgan fingerprint density at radius 3 is 2.51 bits per heavy atom. The number of rotatable bonds is 10. The van der Waals surface area contributed by atoms with Crippen LogP contribution in [0.2, 0.25) is 0 Å². The van der Waals surface area contributed by atoms with Crippen LogP contribution in [0.1, 0.15) is 50.5 Å². The van der Waals surface area contributed by atoms with Crippen molar-refractivity contribution in [2.45, 2.75) is 63.6 Å². The Balaban J connectivity index is 1.31. The number of hydrogen-bond acceptors (Lipinski definition) is 5. The molecule has 2 fully saturated rings. The maximum absolute atomic E-state index is 12.9. The van der Waals surface area contributed by atoms with Crippen molar-refractivity contribution in [1.29, 1.82) is 0 Å². The Morgan fingerprint density at radius 1 is 1.06 bits per heavy atom. The molecule has 1 saturated heterocycles. The second-order valence-electron chi connectivity index (χ2n) is 9.50. The molecule has 0 spiro atoms. The zero-order valence-electron chi connectivity index (χ0n) is 20.3. The molecule has 2 atom stereocenters. The Bertz CT molecular complexity index is 927. The van der Waals surface area contributed by atoms with E-state index >= 15 is 0 Å². The van der Waals surface area contributed by atoms with Gasteiger partial charge < -0.3 is 20.7 Å². The molecule has 1 amide bonds. The number of thiocarbonyl (C=S) groups is 1. The van der Waals surface area contributed by atoms with Crippen LogP contribution in [-0.2, 0) is 11.3 Å². The predicted molar refractivity (Wildman–Crippen MR) is 149 cm³/mol. The fraction of sp³-hybridized carbons (Fsp3) is 0.500. The monoisotopic (exact) mass is 511 g/mol. The van der Waals surface area contributed by atoms with E-state index in [0.29, 0.717) is 6.54 Å². The van der Waals surface area contributed by atoms with Gasteiger partial charge >= 0.3 is 0 Å². The Kier molecular flexibility index (Phi) is 10.3. The van der Waals surface area contributed by atoms with Crippen molar-refractivity contribution in [2.75, 3.05) is 18.1 Å². The molecule has 2 aromatic carbocycles. The summed E-state index contributed by atoms with van der Waals surface area (Å²) in [6.45, 7) is 1.50. The average molecular weight is 512 g/mol. The van der Waals surface area contributed by atoms with E-state index in [2.05, 4.69) is 16.0 Å². The van der Waals surface area contributed by atoms with Gasteiger partial charge in [-0.2, -0.15) is 11.8 Å². The lowest BCUT2D eigenvalue weighted by molar-refractivity contribution is -0.123. The fourth-order valence-electron chi connectivity index (χ4n) is 4.77. The fourth-order valence-corrected chi connectivity index (χ4v) is 5.95. The third-order valence-corrected chi connectivity index (χ3v) is 8.32. The number of amides is 1. The van der Waals surface area contributed by atoms with Crippen LogP contribution in [0.4, 0.5) is 0 Å². The lowest BCUT2D eigenvalue weighted by Crippen LogP contribution is -2.54. The van der Waals surface area contributed by atoms with Crippen LogP contribution in [-0.4, -0.2) is 41.0 Å². The first-order valence-electron chi connectivity index (χ1n) is 12.9. The van der Waals surface area contributed by atoms with E-state index in [1.165, 1.54) is 32.1 Å². The van der Waals surface area contributed by atoms with Crippen molar-refractivity contribution in [3.05, 3.63) is 60.2 Å². The molecule has 2 aliphatic rings. The molecular weight excluding hydrogens is 474 g/mol. The van der Waals surface area contributed by atoms with Crippen LogP contribution in [0.25, 0.3) is 0 Å². The van der Waals surface area contributed by atoms with Gasteiger partial charge in [0, 0.05) is 24.6 Å². The minimum atomic E-state index is -0.133. The third-order valence-electron chi connectivity index (χ3n) is 6.83. The molecule has 0 aromatic heterocycles. The number of thioether (sulfide) groups is 1. The minimum Gasteiger partial charge on any atom is -0.457 e. The van der Waals surface area contributed by atoms with Crippen LogP contribution >= 0.6 is 24.0 Å². The lowest BCUT2D eigenvalue weighted by Gasteiger charge is -2.28. The summed E-state index contributed by atoms with van der Waals surface area (Å²) < 4.78 is 5.89. The van der Waals surface area contributed by atoms with E-state index < -0.39 is 0 Å². The van der Waals surface area contributed by atoms with Crippen LogP contribution in [0.3, 0.4) is 0 Å². The third kappa shape index (κ3) is 8.51. The van der Waals surface area contributed by atoms with Gasteiger partial charge in [0.05, 0.1) is 17.1 Å². The highest BCUT2D eigenvalue weighted by molar-refractivity contribution is 7.99. The number of carbonyl (C=O) groups is 1. The molecule has 1 saturated carbocycles. The summed E-state index contributed by atoms with van der Waals surface area (Å²) in [5, 5.41) is 10.0. The van der Waals surface area contributed by atoms with Crippen LogP contribution in [0.15, 0.2) is 54.6 Å². The number of nitrogens with one attached hydrogen (secondary N) is 3. The average Bonchev–Trinajstić information content (AvgIpc) is 2.92. The van der Waals surface area contributed by atoms with E-state index in [4.69, 9.17) is 17.0 Å². The highest BCUT2D eigenvalue weighted by Crippen LogP contribution is 2.28. The Morgan fingerprint density at radius 2 is 1.80 bits per heavy atom. The van der Waals surface area contributed by atoms with E-state index in [1.54, 1.807) is 0 Å². The minimum absolute atomic E-state index is 0.0670. The number of ether oxygens (including phenoxy) is 1. The molecule has 1 aliphatic carbocycles. The van der Waals surface area contributed by atoms with Gasteiger partial charge in [0.25, 0.3) is 0 Å². The van der Waals surface area contributed by atoms with Gasteiger partial charge in [-0.05, 0) is 48.6 Å². The highest BCUT2D eigenvalue weighted by Gasteiger charge is 2.26. The highest BCUT2D eigenvalue weighted by atomic mass is 32.2. The van der Waals surface area contributed by atoms with Crippen LogP contribution in [0.5, 0.6) is 11.5 Å². The first-order valence-corrected chi connectivity index (χ1v) is 14.4. The molecule has 35 heavy (non-hydrogen) atoms. The molecule has 5 nitrogen and oxygen atoms in total. The smallest absolute Gasteiger partial charge is 0.238 e. The molecule has 0 unspecified atom stereocenters. The van der Waals surface area contributed by atoms with Crippen LogP contribution < -0.4 is 20.7 Å². The summed E-state index contributed by atoms with van der Waals surface area (Å²) in [4.78, 5) is 13.7. The maximum atomic E-state index is 12.9. The summed E-state index contributed by atoms with van der Waals surface area (Å²) in [5.41, 5.74) is 1.12. The van der Waals surface area contributed by atoms with Gasteiger partial charge in [-0.3, -0.25) is 4.79 Å². The zero-order valence-corrected chi connectivity index (χ0v) is 22.0. The van der Waals surface area contributed by atoms with E-state index in [9.17, 15) is 4.79 Å². The summed E-state index contributed by atoms with van der Waals surface area (Å²) in [6, 6.07) is 17.6. The standard InChI is InChI=1S/C28H37N3O2S2/c32-27(26-20-35-18-17-29-26)31-25(16-13-21-7-3-1-4-8-21)28(34)30-19-22-11-14-24(15-12-22)33-23-9-5-2-6-10-23/h2,5-6,9-12,14-15,21,25-26,29H,1,3-4,7-8,13,16-20H2,(H,30,34)(H,31,32)/t25-,26-/m1/s1. The predicted octanol–water partition coefficient (Wildman–Crippen LogP) is 5.45. The van der Waals surface area contributed by atoms with Gasteiger partial charge in [0.15, 0.2) is 0 Å². The Labute approximate surface area is 219 Å². The van der Waals surface area contributed by atoms with Crippen molar-refractivity contribution in [2.24, 2.45) is 5.92 Å². The number of benzene rings is 2. The second-order valence-corrected chi connectivity index (χ2v) is 11.1. The van der Waals surface area contributed by atoms with Crippen molar-refractivity contribution < 1.29 is 9.53 Å². The van der Waals surface area contributed by atoms with Crippen LogP contribution in [0, 0.1) is 5.92 Å². The van der Waals surface area contributed by atoms with Gasteiger partial charge in [-0.25, -0.2) is 0 Å². The van der Waals surface area contributed by atoms with Crippen molar-refractivity contribution in [3.63, 3.8) is 0 Å². The van der Waals surface area contributed by atoms with E-state index in [0.717, 1.165) is 58.9 Å². The SMILES string of the molecule is O=C(N[C@H](CCC1CCCCC1)C(=S)NCc1ccc(Oc2ccccc2)cc1)[C@H]1CSCCN1. The Hall–Kier alpha value is -2.09. The lowest BCUT2D eigenvalue weighted by atomic mass is 9.85. The normalized spacial score (nSPS) is 19.5. The molecular formula is C28H37N3O2S2. The largest absolute Gasteiger partial charge is 0.457 e. The summed E-state index contributed by atoms with van der Waals surface area (Å²) in [5.74, 6) is 4.33. The molecule has 4 rings (SSSR count). The molecule has 188 valence electrons. The summed E-state index contributed by atoms with van der Waals surface area (Å²) in [6.07, 6.45) is 8.64. The second kappa shape index (κ2) is 13.9. The van der Waals surface area contributed by atoms with Crippen molar-refractivity contribution in [1.82, 2.24) is 16.0 Å². The van der Waals surface area contributed by atoms with Crippen molar-refractivity contribution in [3.8, 4) is 11.5 Å². The van der Waals surface area contributed by atoms with E-state index in [1.807, 2.05) is 66.4 Å². The molecule has 0 radical (unpaired) electrons. The van der Waals surface area contributed by atoms with E-state index in [-0.39, 0.29) is 18.0 Å². The molecule has 0 bridgehead atoms. The quantitative estimate of drug-likeness (QED) is 0.369. The zero-order chi connectivity index (χ0) is 24.3. The maximum Gasteiger partial charge on any atom is 0.238 e. The van der Waals surface area contributed by atoms with Gasteiger partial charge in [0.1, 0.15) is 11.5 Å². The van der Waals surface area contributed by atoms with Gasteiger partial charge in [-0.1, -0.05) is 74.7 Å². The molecule has 1 aliphatic heterocycles. The number of hydrogen-bond donors (Lipinski definition) is 3. The topological polar surface area (TPSA) is 62.4 Å². The summed E-state index contributed by atoms with van der Waals surface area (Å²) in [7, 11) is 0. The van der Waals surface area contributed by atoms with Crippen molar-refractivity contribution >= 4 is 34.9 Å². The van der Waals surface area contributed by atoms with Gasteiger partial charge in [-0.15, -0.1) is 0 Å². The van der Waals surface area contributed by atoms with Gasteiger partial charge in [0.2, 0.25) is 5.91 Å². The molecule has 1 heterocycles.